The molecule has 0 aliphatic heterocycles. The first-order chi connectivity index (χ1) is 21.8. The number of aliphatic hydroxyl groups excluding tert-OH is 3. The fourth-order valence-electron chi connectivity index (χ4n) is 3.50. The number of rotatable bonds is 24. The molecule has 45 heavy (non-hydrogen) atoms. The average molecular weight is 652 g/mol. The topological polar surface area (TPSA) is 278 Å². The van der Waals surface area contributed by atoms with Gasteiger partial charge < -0.3 is 61.4 Å². The molecule has 0 saturated carbocycles. The van der Waals surface area contributed by atoms with Gasteiger partial charge in [-0.05, 0) is 0 Å². The Morgan fingerprint density at radius 2 is 0.689 bits per heavy atom. The van der Waals surface area contributed by atoms with Crippen molar-refractivity contribution in [3.05, 3.63) is 31.5 Å². The van der Waals surface area contributed by atoms with Crippen molar-refractivity contribution in [1.29, 1.82) is 0 Å². The van der Waals surface area contributed by atoms with Crippen molar-refractivity contribution in [3.8, 4) is 0 Å². The average Bonchev–Trinajstić information content (AvgIpc) is 3.01. The first-order valence-electron chi connectivity index (χ1n) is 14.3. The number of carbonyl (C=O) groups excluding carboxylic acids is 3. The number of nitrogens with zero attached hydrogens (tertiary/aromatic N) is 3. The molecule has 0 saturated heterocycles. The van der Waals surface area contributed by atoms with Crippen molar-refractivity contribution in [3.63, 3.8) is 0 Å². The summed E-state index contributed by atoms with van der Waals surface area (Å²) in [6, 6.07) is -1.80. The van der Waals surface area contributed by atoms with Crippen molar-refractivity contribution in [2.45, 2.75) is 19.6 Å². The van der Waals surface area contributed by atoms with Gasteiger partial charge >= 0.3 is 35.2 Å². The van der Waals surface area contributed by atoms with Gasteiger partial charge in [0.15, 0.2) is 0 Å². The van der Waals surface area contributed by atoms with E-state index in [0.29, 0.717) is 0 Å². The quantitative estimate of drug-likeness (QED) is 0.0473. The maximum Gasteiger partial charge on any atom is 0.336 e. The van der Waals surface area contributed by atoms with Crippen molar-refractivity contribution < 1.29 is 43.9 Å². The summed E-state index contributed by atoms with van der Waals surface area (Å²) < 4.78 is 17.4. The largest absolute Gasteiger partial charge is 0.394 e. The van der Waals surface area contributed by atoms with Crippen LogP contribution < -0.4 is 49.0 Å². The lowest BCUT2D eigenvalue weighted by atomic mass is 10.5. The van der Waals surface area contributed by atoms with Crippen LogP contribution in [-0.4, -0.2) is 146 Å². The Morgan fingerprint density at radius 1 is 0.444 bits per heavy atom. The summed E-state index contributed by atoms with van der Waals surface area (Å²) >= 11 is 0. The lowest BCUT2D eigenvalue weighted by molar-refractivity contribution is 0.0947. The Morgan fingerprint density at radius 3 is 0.933 bits per heavy atom. The molecule has 0 bridgehead atoms. The highest BCUT2D eigenvalue weighted by Crippen LogP contribution is 1.81. The number of carbonyl (C=O) groups is 3. The third-order valence-electron chi connectivity index (χ3n) is 5.55. The van der Waals surface area contributed by atoms with Crippen molar-refractivity contribution in [2.75, 3.05) is 98.7 Å². The normalized spacial score (nSPS) is 10.7. The van der Waals surface area contributed by atoms with E-state index in [0.717, 1.165) is 13.7 Å². The molecule has 9 N–H and O–H groups in total. The third-order valence-corrected chi connectivity index (χ3v) is 5.55. The summed E-state index contributed by atoms with van der Waals surface area (Å²) in [6.07, 6.45) is 0. The first-order valence-corrected chi connectivity index (χ1v) is 14.3. The molecule has 21 nitrogen and oxygen atoms in total. The molecular formula is C24H45N9O12. The molecule has 0 fully saturated rings. The van der Waals surface area contributed by atoms with Crippen LogP contribution in [0.5, 0.6) is 0 Å². The highest BCUT2D eigenvalue weighted by atomic mass is 16.5. The Kier molecular flexibility index (Phi) is 21.1. The van der Waals surface area contributed by atoms with Gasteiger partial charge in [-0.1, -0.05) is 0 Å². The molecule has 0 radical (unpaired) electrons. The highest BCUT2D eigenvalue weighted by Gasteiger charge is 2.16. The number of ether oxygens (including phenoxy) is 3. The molecule has 1 aromatic heterocycles. The van der Waals surface area contributed by atoms with Crippen LogP contribution >= 0.6 is 0 Å². The molecule has 0 spiro atoms. The van der Waals surface area contributed by atoms with Gasteiger partial charge in [0.2, 0.25) is 0 Å². The third kappa shape index (κ3) is 16.6. The van der Waals surface area contributed by atoms with Gasteiger partial charge in [0.25, 0.3) is 0 Å². The summed E-state index contributed by atoms with van der Waals surface area (Å²) in [7, 11) is 0. The van der Waals surface area contributed by atoms with E-state index >= 15 is 0 Å². The Bertz CT molecular complexity index is 1010. The molecule has 1 heterocycles. The minimum atomic E-state index is -0.964. The lowest BCUT2D eigenvalue weighted by Crippen LogP contribution is -2.57. The van der Waals surface area contributed by atoms with Crippen LogP contribution in [-0.2, 0) is 33.8 Å². The van der Waals surface area contributed by atoms with Gasteiger partial charge in [-0.3, -0.25) is 0 Å². The number of urea groups is 3. The van der Waals surface area contributed by atoms with Crippen LogP contribution in [0, 0.1) is 0 Å². The van der Waals surface area contributed by atoms with Crippen LogP contribution in [0.4, 0.5) is 14.4 Å². The van der Waals surface area contributed by atoms with E-state index in [1.54, 1.807) is 0 Å². The van der Waals surface area contributed by atoms with E-state index in [-0.39, 0.29) is 118 Å². The van der Waals surface area contributed by atoms with E-state index in [2.05, 4.69) is 31.9 Å². The maximum atomic E-state index is 13.1. The predicted molar refractivity (Wildman–Crippen MR) is 157 cm³/mol. The second-order valence-corrected chi connectivity index (χ2v) is 8.86. The Balaban J connectivity index is 2.89. The minimum Gasteiger partial charge on any atom is -0.394 e. The molecule has 6 amide bonds. The maximum absolute atomic E-state index is 13.1. The van der Waals surface area contributed by atoms with Crippen LogP contribution in [0.3, 0.4) is 0 Å². The summed E-state index contributed by atoms with van der Waals surface area (Å²) in [5.74, 6) is 0. The molecule has 0 aliphatic rings. The van der Waals surface area contributed by atoms with E-state index < -0.39 is 35.2 Å². The summed E-state index contributed by atoms with van der Waals surface area (Å²) in [5, 5.41) is 41.0. The summed E-state index contributed by atoms with van der Waals surface area (Å²) in [5.41, 5.74) is -2.89. The van der Waals surface area contributed by atoms with Crippen LogP contribution in [0.15, 0.2) is 14.4 Å². The molecular weight excluding hydrogens is 606 g/mol. The predicted octanol–water partition coefficient (Wildman–Crippen LogP) is -5.90. The number of aromatic nitrogens is 3. The zero-order valence-corrected chi connectivity index (χ0v) is 25.1. The van der Waals surface area contributed by atoms with Crippen LogP contribution in [0.1, 0.15) is 0 Å². The van der Waals surface area contributed by atoms with Crippen LogP contribution in [0.2, 0.25) is 0 Å². The molecule has 21 heteroatoms. The standard InChI is InChI=1S/C24H45N9O12/c34-10-16-43-13-4-28-19(37)25-1-7-31-22(40)32(8-2-26-20(38)29-5-14-44-17-11-35)24(42)33(23(31)41)9-3-27-21(39)30-6-15-45-18-12-36/h34-36H,1-18H2,(H2,25,28,37)(H2,26,29,38)(H2,27,30,39). The molecule has 0 aliphatic carbocycles. The monoisotopic (exact) mass is 651 g/mol. The minimum absolute atomic E-state index is 0.120. The number of hydrogen-bond acceptors (Lipinski definition) is 12. The lowest BCUT2D eigenvalue weighted by Gasteiger charge is -2.15. The zero-order chi connectivity index (χ0) is 33.3. The Labute approximate surface area is 257 Å². The van der Waals surface area contributed by atoms with E-state index in [4.69, 9.17) is 29.5 Å². The second kappa shape index (κ2) is 24.3. The number of amides is 6. The van der Waals surface area contributed by atoms with Gasteiger partial charge in [0, 0.05) is 58.9 Å². The van der Waals surface area contributed by atoms with Gasteiger partial charge in [0.1, 0.15) is 0 Å². The zero-order valence-electron chi connectivity index (χ0n) is 25.1. The fraction of sp³-hybridized carbons (Fsp3) is 0.750. The molecule has 1 rings (SSSR count). The van der Waals surface area contributed by atoms with Crippen molar-refractivity contribution in [2.24, 2.45) is 0 Å². The first kappa shape index (κ1) is 39.0. The van der Waals surface area contributed by atoms with Gasteiger partial charge in [0.05, 0.1) is 59.5 Å². The SMILES string of the molecule is O=C(NCCOCCO)NCCn1c(=O)n(CCNC(=O)NCCOCCO)c(=O)n(CCNC(=O)NCCOCCO)c1=O. The van der Waals surface area contributed by atoms with Gasteiger partial charge in [-0.15, -0.1) is 0 Å². The number of aliphatic hydroxyl groups is 3. The van der Waals surface area contributed by atoms with E-state index in [9.17, 15) is 28.8 Å². The Hall–Kier alpha value is -4.02. The van der Waals surface area contributed by atoms with Crippen molar-refractivity contribution in [1.82, 2.24) is 45.6 Å². The molecule has 1 aromatic rings. The fourth-order valence-corrected chi connectivity index (χ4v) is 3.50. The molecule has 0 unspecified atom stereocenters. The molecule has 0 atom stereocenters. The second-order valence-electron chi connectivity index (χ2n) is 8.86. The van der Waals surface area contributed by atoms with Gasteiger partial charge in [-0.25, -0.2) is 42.5 Å². The van der Waals surface area contributed by atoms with E-state index in [1.165, 1.54) is 0 Å². The van der Waals surface area contributed by atoms with E-state index in [1.807, 2.05) is 0 Å². The highest BCUT2D eigenvalue weighted by molar-refractivity contribution is 5.74. The molecule has 258 valence electrons. The van der Waals surface area contributed by atoms with Crippen LogP contribution in [0.25, 0.3) is 0 Å². The van der Waals surface area contributed by atoms with Crippen molar-refractivity contribution >= 4 is 18.1 Å². The molecule has 0 aromatic carbocycles. The smallest absolute Gasteiger partial charge is 0.336 e. The number of hydrogen-bond donors (Lipinski definition) is 9. The van der Waals surface area contributed by atoms with Gasteiger partial charge in [-0.2, -0.15) is 0 Å². The number of nitrogens with one attached hydrogen (secondary N) is 6. The summed E-state index contributed by atoms with van der Waals surface area (Å²) in [4.78, 5) is 75.3. The summed E-state index contributed by atoms with van der Waals surface area (Å²) in [6.45, 7) is -0.535.